The number of pyridine rings is 1. The van der Waals surface area contributed by atoms with Gasteiger partial charge >= 0.3 is 0 Å². The Balaban J connectivity index is 1.88. The number of fused-ring (bicyclic) bond motifs is 1. The molecule has 1 fully saturated rings. The highest BCUT2D eigenvalue weighted by Gasteiger charge is 2.18. The van der Waals surface area contributed by atoms with E-state index in [4.69, 9.17) is 0 Å². The van der Waals surface area contributed by atoms with Crippen LogP contribution in [0.1, 0.15) is 55.3 Å². The number of amides is 1. The third-order valence-electron chi connectivity index (χ3n) is 4.78. The number of nitrogens with zero attached hydrogens (tertiary/aromatic N) is 1. The summed E-state index contributed by atoms with van der Waals surface area (Å²) in [5.74, 6) is -0.0672. The fourth-order valence-corrected chi connectivity index (χ4v) is 3.46. The van der Waals surface area contributed by atoms with Gasteiger partial charge in [0.05, 0.1) is 5.56 Å². The van der Waals surface area contributed by atoms with Gasteiger partial charge in [-0.15, -0.1) is 0 Å². The molecule has 0 aliphatic heterocycles. The molecule has 1 aliphatic carbocycles. The fraction of sp³-hybridized carbons (Fsp3) is 0.474. The first-order chi connectivity index (χ1) is 11.2. The van der Waals surface area contributed by atoms with Gasteiger partial charge in [-0.05, 0) is 18.9 Å². The van der Waals surface area contributed by atoms with Crippen molar-refractivity contribution in [2.24, 2.45) is 7.05 Å². The lowest BCUT2D eigenvalue weighted by molar-refractivity contribution is 0.0931. The van der Waals surface area contributed by atoms with Gasteiger partial charge in [-0.1, -0.05) is 50.3 Å². The van der Waals surface area contributed by atoms with E-state index >= 15 is 0 Å². The third kappa shape index (κ3) is 3.46. The van der Waals surface area contributed by atoms with Gasteiger partial charge in [-0.2, -0.15) is 0 Å². The van der Waals surface area contributed by atoms with Crippen LogP contribution in [0.2, 0.25) is 0 Å². The highest BCUT2D eigenvalue weighted by atomic mass is 16.2. The van der Waals surface area contributed by atoms with Crippen molar-refractivity contribution < 1.29 is 4.79 Å². The summed E-state index contributed by atoms with van der Waals surface area (Å²) in [5.41, 5.74) is 0.521. The summed E-state index contributed by atoms with van der Waals surface area (Å²) in [7, 11) is 1.70. The van der Waals surface area contributed by atoms with Crippen LogP contribution in [0.25, 0.3) is 10.8 Å². The summed E-state index contributed by atoms with van der Waals surface area (Å²) in [6.07, 6.45) is 9.95. The molecule has 4 heteroatoms. The Hall–Kier alpha value is -2.10. The zero-order chi connectivity index (χ0) is 16.2. The van der Waals surface area contributed by atoms with Gasteiger partial charge in [0.25, 0.3) is 11.5 Å². The maximum atomic E-state index is 12.8. The molecule has 1 saturated carbocycles. The van der Waals surface area contributed by atoms with E-state index in [-0.39, 0.29) is 17.5 Å². The van der Waals surface area contributed by atoms with E-state index in [1.807, 2.05) is 18.2 Å². The fourth-order valence-electron chi connectivity index (χ4n) is 3.46. The van der Waals surface area contributed by atoms with Crippen molar-refractivity contribution in [2.75, 3.05) is 0 Å². The molecule has 4 nitrogen and oxygen atoms in total. The number of hydrogen-bond acceptors (Lipinski definition) is 2. The van der Waals surface area contributed by atoms with E-state index in [2.05, 4.69) is 5.32 Å². The summed E-state index contributed by atoms with van der Waals surface area (Å²) in [5, 5.41) is 4.52. The number of carbonyl (C=O) groups is 1. The second-order valence-electron chi connectivity index (χ2n) is 6.52. The van der Waals surface area contributed by atoms with E-state index in [1.165, 1.54) is 36.7 Å². The molecule has 23 heavy (non-hydrogen) atoms. The minimum Gasteiger partial charge on any atom is -0.349 e. The van der Waals surface area contributed by atoms with Crippen LogP contribution in [-0.4, -0.2) is 16.5 Å². The maximum absolute atomic E-state index is 12.8. The first kappa shape index (κ1) is 15.8. The van der Waals surface area contributed by atoms with Crippen LogP contribution in [0.5, 0.6) is 0 Å². The smallest absolute Gasteiger partial charge is 0.258 e. The van der Waals surface area contributed by atoms with Gasteiger partial charge in [-0.3, -0.25) is 9.59 Å². The van der Waals surface area contributed by atoms with Crippen LogP contribution in [-0.2, 0) is 7.05 Å². The lowest BCUT2D eigenvalue weighted by atomic mass is 9.96. The van der Waals surface area contributed by atoms with Gasteiger partial charge in [0.1, 0.15) is 0 Å². The van der Waals surface area contributed by atoms with E-state index < -0.39 is 0 Å². The normalized spacial score (nSPS) is 16.7. The molecule has 2 aromatic rings. The molecular weight excluding hydrogens is 288 g/mol. The highest BCUT2D eigenvalue weighted by Crippen LogP contribution is 2.19. The maximum Gasteiger partial charge on any atom is 0.258 e. The second kappa shape index (κ2) is 6.99. The van der Waals surface area contributed by atoms with Gasteiger partial charge in [0.15, 0.2) is 0 Å². The standard InChI is InChI=1S/C19H24N2O2/c1-21-13-17(15-11-7-8-12-16(15)19(21)23)18(22)20-14-9-5-3-2-4-6-10-14/h7-8,11-14H,2-6,9-10H2,1H3,(H,20,22). The number of hydrogen-bond donors (Lipinski definition) is 1. The molecule has 122 valence electrons. The summed E-state index contributed by atoms with van der Waals surface area (Å²) in [4.78, 5) is 25.0. The van der Waals surface area contributed by atoms with Crippen LogP contribution >= 0.6 is 0 Å². The molecule has 1 amide bonds. The van der Waals surface area contributed by atoms with E-state index in [0.717, 1.165) is 18.2 Å². The molecule has 0 bridgehead atoms. The Morgan fingerprint density at radius 3 is 2.35 bits per heavy atom. The Kier molecular flexibility index (Phi) is 4.79. The molecule has 0 saturated heterocycles. The van der Waals surface area contributed by atoms with Crippen LogP contribution in [0, 0.1) is 0 Å². The van der Waals surface area contributed by atoms with Crippen molar-refractivity contribution in [3.63, 3.8) is 0 Å². The Morgan fingerprint density at radius 2 is 1.65 bits per heavy atom. The SMILES string of the molecule is Cn1cc(C(=O)NC2CCCCCCC2)c2ccccc2c1=O. The molecule has 1 aromatic carbocycles. The topological polar surface area (TPSA) is 51.1 Å². The summed E-state index contributed by atoms with van der Waals surface area (Å²) < 4.78 is 1.50. The number of carbonyl (C=O) groups excluding carboxylic acids is 1. The van der Waals surface area contributed by atoms with Crippen molar-refractivity contribution in [1.29, 1.82) is 0 Å². The monoisotopic (exact) mass is 312 g/mol. The first-order valence-electron chi connectivity index (χ1n) is 8.56. The first-order valence-corrected chi connectivity index (χ1v) is 8.56. The summed E-state index contributed by atoms with van der Waals surface area (Å²) in [6, 6.07) is 7.58. The van der Waals surface area contributed by atoms with E-state index in [9.17, 15) is 9.59 Å². The zero-order valence-electron chi connectivity index (χ0n) is 13.7. The quantitative estimate of drug-likeness (QED) is 0.924. The highest BCUT2D eigenvalue weighted by molar-refractivity contribution is 6.06. The minimum absolute atomic E-state index is 0.0666. The van der Waals surface area contributed by atoms with Crippen LogP contribution in [0.4, 0.5) is 0 Å². The van der Waals surface area contributed by atoms with Gasteiger partial charge < -0.3 is 9.88 Å². The molecule has 0 spiro atoms. The molecule has 1 heterocycles. The van der Waals surface area contributed by atoms with Crippen molar-refractivity contribution in [1.82, 2.24) is 9.88 Å². The predicted octanol–water partition coefficient (Wildman–Crippen LogP) is 3.38. The van der Waals surface area contributed by atoms with Gasteiger partial charge in [-0.25, -0.2) is 0 Å². The number of nitrogens with one attached hydrogen (secondary N) is 1. The largest absolute Gasteiger partial charge is 0.349 e. The number of aryl methyl sites for hydroxylation is 1. The number of benzene rings is 1. The Labute approximate surface area is 136 Å². The molecule has 0 unspecified atom stereocenters. The lowest BCUT2D eigenvalue weighted by Gasteiger charge is -2.21. The zero-order valence-corrected chi connectivity index (χ0v) is 13.7. The van der Waals surface area contributed by atoms with Gasteiger partial charge in [0, 0.05) is 30.1 Å². The number of aromatic nitrogens is 1. The van der Waals surface area contributed by atoms with Crippen LogP contribution < -0.4 is 10.9 Å². The van der Waals surface area contributed by atoms with Gasteiger partial charge in [0.2, 0.25) is 0 Å². The molecule has 1 aromatic heterocycles. The average Bonchev–Trinajstić information content (AvgIpc) is 2.53. The molecule has 0 atom stereocenters. The van der Waals surface area contributed by atoms with Crippen molar-refractivity contribution >= 4 is 16.7 Å². The summed E-state index contributed by atoms with van der Waals surface area (Å²) in [6.45, 7) is 0. The van der Waals surface area contributed by atoms with Crippen LogP contribution in [0.15, 0.2) is 35.3 Å². The molecule has 0 radical (unpaired) electrons. The van der Waals surface area contributed by atoms with Crippen molar-refractivity contribution in [3.05, 3.63) is 46.4 Å². The molecule has 3 rings (SSSR count). The third-order valence-corrected chi connectivity index (χ3v) is 4.78. The summed E-state index contributed by atoms with van der Waals surface area (Å²) >= 11 is 0. The average molecular weight is 312 g/mol. The molecular formula is C19H24N2O2. The Bertz CT molecular complexity index is 756. The predicted molar refractivity (Wildman–Crippen MR) is 92.8 cm³/mol. The Morgan fingerprint density at radius 1 is 1.04 bits per heavy atom. The second-order valence-corrected chi connectivity index (χ2v) is 6.52. The minimum atomic E-state index is -0.0672. The van der Waals surface area contributed by atoms with Crippen molar-refractivity contribution in [3.8, 4) is 0 Å². The number of rotatable bonds is 2. The lowest BCUT2D eigenvalue weighted by Crippen LogP contribution is -2.36. The van der Waals surface area contributed by atoms with Crippen molar-refractivity contribution in [2.45, 2.75) is 51.0 Å². The van der Waals surface area contributed by atoms with E-state index in [0.29, 0.717) is 10.9 Å². The van der Waals surface area contributed by atoms with Crippen LogP contribution in [0.3, 0.4) is 0 Å². The molecule has 1 aliphatic rings. The molecule has 1 N–H and O–H groups in total. The van der Waals surface area contributed by atoms with E-state index in [1.54, 1.807) is 19.3 Å².